The van der Waals surface area contributed by atoms with Gasteiger partial charge in [0.05, 0.1) is 12.4 Å². The molecule has 0 saturated carbocycles. The Bertz CT molecular complexity index is 294. The van der Waals surface area contributed by atoms with Crippen molar-refractivity contribution in [2.75, 3.05) is 17.3 Å². The van der Waals surface area contributed by atoms with E-state index < -0.39 is 0 Å². The second kappa shape index (κ2) is 6.15. The van der Waals surface area contributed by atoms with Gasteiger partial charge in [-0.3, -0.25) is 4.98 Å². The number of nitrogen functional groups attached to an aromatic ring is 1. The number of aromatic nitrogens is 2. The number of nitrogens with one attached hydrogen (secondary N) is 2. The lowest BCUT2D eigenvalue weighted by Gasteiger charge is -2.16. The monoisotopic (exact) mass is 211 g/mol. The number of hydrogen-bond donors (Lipinski definition) is 4. The summed E-state index contributed by atoms with van der Waals surface area (Å²) in [6.45, 7) is 2.21. The van der Waals surface area contributed by atoms with Crippen LogP contribution >= 0.6 is 0 Å². The average molecular weight is 211 g/mol. The van der Waals surface area contributed by atoms with Crippen molar-refractivity contribution >= 4 is 11.6 Å². The number of aliphatic hydroxyl groups excluding tert-OH is 1. The van der Waals surface area contributed by atoms with E-state index in [2.05, 4.69) is 20.7 Å². The molecule has 1 aromatic heterocycles. The minimum Gasteiger partial charge on any atom is -0.396 e. The van der Waals surface area contributed by atoms with Gasteiger partial charge in [-0.15, -0.1) is 0 Å². The Balaban J connectivity index is 2.61. The molecule has 6 heteroatoms. The quantitative estimate of drug-likeness (QED) is 0.400. The molecule has 0 aliphatic carbocycles. The van der Waals surface area contributed by atoms with E-state index in [-0.39, 0.29) is 12.6 Å². The van der Waals surface area contributed by atoms with Crippen LogP contribution < -0.4 is 16.6 Å². The highest BCUT2D eigenvalue weighted by Gasteiger charge is 2.06. The Hall–Kier alpha value is -1.40. The van der Waals surface area contributed by atoms with Crippen LogP contribution in [0.25, 0.3) is 0 Å². The molecule has 1 atom stereocenters. The molecule has 0 saturated heterocycles. The van der Waals surface area contributed by atoms with E-state index >= 15 is 0 Å². The fourth-order valence-corrected chi connectivity index (χ4v) is 1.25. The lowest BCUT2D eigenvalue weighted by Crippen LogP contribution is -2.21. The maximum absolute atomic E-state index is 8.84. The Morgan fingerprint density at radius 3 is 2.80 bits per heavy atom. The predicted octanol–water partition coefficient (Wildman–Crippen LogP) is 0.335. The van der Waals surface area contributed by atoms with Crippen LogP contribution in [0.1, 0.15) is 19.8 Å². The van der Waals surface area contributed by atoms with Crippen LogP contribution in [-0.2, 0) is 0 Å². The highest BCUT2D eigenvalue weighted by atomic mass is 16.3. The maximum atomic E-state index is 8.84. The normalized spacial score (nSPS) is 12.2. The second-order valence-electron chi connectivity index (χ2n) is 3.20. The van der Waals surface area contributed by atoms with E-state index in [0.717, 1.165) is 6.42 Å². The average Bonchev–Trinajstić information content (AvgIpc) is 2.29. The first kappa shape index (κ1) is 11.7. The van der Waals surface area contributed by atoms with Gasteiger partial charge in [0, 0.05) is 12.6 Å². The van der Waals surface area contributed by atoms with Gasteiger partial charge in [0.2, 0.25) is 0 Å². The van der Waals surface area contributed by atoms with Gasteiger partial charge in [-0.25, -0.2) is 10.8 Å². The van der Waals surface area contributed by atoms with E-state index in [1.165, 1.54) is 6.20 Å². The molecule has 15 heavy (non-hydrogen) atoms. The van der Waals surface area contributed by atoms with Crippen LogP contribution in [0.5, 0.6) is 0 Å². The first-order valence-electron chi connectivity index (χ1n) is 4.96. The highest BCUT2D eigenvalue weighted by molar-refractivity contribution is 5.41. The molecule has 6 nitrogen and oxygen atoms in total. The van der Waals surface area contributed by atoms with Crippen molar-refractivity contribution < 1.29 is 5.11 Å². The van der Waals surface area contributed by atoms with Crippen molar-refractivity contribution in [2.24, 2.45) is 5.84 Å². The van der Waals surface area contributed by atoms with Crippen LogP contribution in [0.15, 0.2) is 12.4 Å². The van der Waals surface area contributed by atoms with Crippen LogP contribution in [0.3, 0.4) is 0 Å². The van der Waals surface area contributed by atoms with E-state index in [0.29, 0.717) is 18.1 Å². The van der Waals surface area contributed by atoms with Crippen molar-refractivity contribution in [1.82, 2.24) is 9.97 Å². The first-order chi connectivity index (χ1) is 7.30. The minimum absolute atomic E-state index is 0.160. The number of anilines is 2. The molecular formula is C9H17N5O. The first-order valence-corrected chi connectivity index (χ1v) is 4.96. The molecule has 0 fully saturated rings. The van der Waals surface area contributed by atoms with Gasteiger partial charge >= 0.3 is 0 Å². The zero-order chi connectivity index (χ0) is 11.1. The second-order valence-corrected chi connectivity index (χ2v) is 3.20. The number of aliphatic hydroxyl groups is 1. The Kier molecular flexibility index (Phi) is 4.79. The molecule has 1 heterocycles. The fraction of sp³-hybridized carbons (Fsp3) is 0.556. The Labute approximate surface area is 88.9 Å². The summed E-state index contributed by atoms with van der Waals surface area (Å²) in [5, 5.41) is 12.0. The molecule has 0 aliphatic rings. The molecule has 0 aromatic carbocycles. The van der Waals surface area contributed by atoms with Gasteiger partial charge in [-0.2, -0.15) is 0 Å². The molecule has 0 amide bonds. The summed E-state index contributed by atoms with van der Waals surface area (Å²) in [5.41, 5.74) is 2.43. The van der Waals surface area contributed by atoms with Gasteiger partial charge in [0.15, 0.2) is 5.82 Å². The van der Waals surface area contributed by atoms with E-state index in [4.69, 9.17) is 10.9 Å². The van der Waals surface area contributed by atoms with Crippen molar-refractivity contribution in [3.8, 4) is 0 Å². The number of nitrogens with two attached hydrogens (primary N) is 1. The summed E-state index contributed by atoms with van der Waals surface area (Å²) < 4.78 is 0. The Morgan fingerprint density at radius 2 is 2.20 bits per heavy atom. The summed E-state index contributed by atoms with van der Waals surface area (Å²) in [5.74, 6) is 6.39. The molecular weight excluding hydrogens is 194 g/mol. The molecule has 5 N–H and O–H groups in total. The van der Waals surface area contributed by atoms with E-state index in [1.807, 2.05) is 6.92 Å². The summed E-state index contributed by atoms with van der Waals surface area (Å²) in [6.07, 6.45) is 4.78. The van der Waals surface area contributed by atoms with Gasteiger partial charge in [-0.1, -0.05) is 6.92 Å². The largest absolute Gasteiger partial charge is 0.396 e. The zero-order valence-electron chi connectivity index (χ0n) is 8.77. The number of nitrogens with zero attached hydrogens (tertiary/aromatic N) is 2. The summed E-state index contributed by atoms with van der Waals surface area (Å²) in [6, 6.07) is 0.206. The Morgan fingerprint density at radius 1 is 1.47 bits per heavy atom. The van der Waals surface area contributed by atoms with Crippen molar-refractivity contribution in [3.63, 3.8) is 0 Å². The highest BCUT2D eigenvalue weighted by Crippen LogP contribution is 2.09. The third kappa shape index (κ3) is 3.69. The van der Waals surface area contributed by atoms with Crippen molar-refractivity contribution in [1.29, 1.82) is 0 Å². The topological polar surface area (TPSA) is 96.1 Å². The summed E-state index contributed by atoms with van der Waals surface area (Å²) in [7, 11) is 0. The number of hydrogen-bond acceptors (Lipinski definition) is 6. The lowest BCUT2D eigenvalue weighted by molar-refractivity contribution is 0.278. The fourth-order valence-electron chi connectivity index (χ4n) is 1.25. The molecule has 1 unspecified atom stereocenters. The number of rotatable bonds is 6. The zero-order valence-corrected chi connectivity index (χ0v) is 8.77. The van der Waals surface area contributed by atoms with Crippen molar-refractivity contribution in [2.45, 2.75) is 25.8 Å². The summed E-state index contributed by atoms with van der Waals surface area (Å²) >= 11 is 0. The summed E-state index contributed by atoms with van der Waals surface area (Å²) in [4.78, 5) is 8.14. The van der Waals surface area contributed by atoms with Gasteiger partial charge in [0.25, 0.3) is 0 Å². The predicted molar refractivity (Wildman–Crippen MR) is 59.2 cm³/mol. The molecule has 1 aromatic rings. The molecule has 1 rings (SSSR count). The molecule has 84 valence electrons. The maximum Gasteiger partial charge on any atom is 0.160 e. The third-order valence-corrected chi connectivity index (χ3v) is 2.10. The van der Waals surface area contributed by atoms with Crippen LogP contribution in [0.2, 0.25) is 0 Å². The van der Waals surface area contributed by atoms with Gasteiger partial charge in [-0.05, 0) is 12.8 Å². The van der Waals surface area contributed by atoms with Crippen LogP contribution in [0, 0.1) is 0 Å². The van der Waals surface area contributed by atoms with Crippen LogP contribution in [0.4, 0.5) is 11.6 Å². The standard InChI is InChI=1S/C9H17N5O/c1-2-7(3-4-15)12-8-5-11-6-9(13-8)14-10/h5-7,15H,2-4,10H2,1H3,(H2,12,13,14). The van der Waals surface area contributed by atoms with Crippen LogP contribution in [-0.4, -0.2) is 27.7 Å². The van der Waals surface area contributed by atoms with E-state index in [1.54, 1.807) is 6.20 Å². The lowest BCUT2D eigenvalue weighted by atomic mass is 10.1. The van der Waals surface area contributed by atoms with Crippen molar-refractivity contribution in [3.05, 3.63) is 12.4 Å². The molecule has 0 aliphatic heterocycles. The minimum atomic E-state index is 0.160. The third-order valence-electron chi connectivity index (χ3n) is 2.10. The van der Waals surface area contributed by atoms with Gasteiger partial charge < -0.3 is 15.8 Å². The smallest absolute Gasteiger partial charge is 0.160 e. The number of hydrazine groups is 1. The van der Waals surface area contributed by atoms with E-state index in [9.17, 15) is 0 Å². The van der Waals surface area contributed by atoms with Gasteiger partial charge in [0.1, 0.15) is 5.82 Å². The molecule has 0 bridgehead atoms. The SMILES string of the molecule is CCC(CCO)Nc1cncc(NN)n1. The molecule has 0 spiro atoms. The molecule has 0 radical (unpaired) electrons.